The molecule has 0 bridgehead atoms. The van der Waals surface area contributed by atoms with E-state index in [1.54, 1.807) is 0 Å². The molecule has 0 aliphatic rings. The Hall–Kier alpha value is -19.1. The normalized spacial score (nSPS) is 11.3. The third-order valence-electron chi connectivity index (χ3n) is 28.1. The molecule has 0 saturated heterocycles. The number of aromatic nitrogens is 6. The Labute approximate surface area is 858 Å². The molecular formula is C141H98N6. The average molecular weight is 1880 g/mol. The molecule has 0 spiro atoms. The van der Waals surface area contributed by atoms with Gasteiger partial charge in [0.1, 0.15) is 0 Å². The first-order chi connectivity index (χ1) is 72.5. The van der Waals surface area contributed by atoms with Crippen molar-refractivity contribution in [2.24, 2.45) is 0 Å². The Bertz CT molecular complexity index is 7830. The van der Waals surface area contributed by atoms with E-state index in [1.165, 1.54) is 11.1 Å². The molecule has 0 saturated carbocycles. The summed E-state index contributed by atoms with van der Waals surface area (Å²) in [7, 11) is 0. The molecular weight excluding hydrogens is 1780 g/mol. The van der Waals surface area contributed by atoms with Gasteiger partial charge >= 0.3 is 0 Å². The molecule has 0 N–H and O–H groups in total. The molecule has 0 fully saturated rings. The van der Waals surface area contributed by atoms with Gasteiger partial charge in [0, 0.05) is 38.8 Å². The van der Waals surface area contributed by atoms with E-state index in [2.05, 4.69) is 572 Å². The summed E-state index contributed by atoms with van der Waals surface area (Å²) >= 11 is 0. The van der Waals surface area contributed by atoms with E-state index in [-0.39, 0.29) is 0 Å². The smallest absolute Gasteiger partial charge is 0.164 e. The molecule has 24 aromatic rings. The van der Waals surface area contributed by atoms with Crippen LogP contribution < -0.4 is 0 Å². The van der Waals surface area contributed by atoms with Crippen LogP contribution in [0.5, 0.6) is 0 Å². The van der Waals surface area contributed by atoms with Crippen LogP contribution in [0, 0.1) is 0 Å². The van der Waals surface area contributed by atoms with E-state index in [0.29, 0.717) is 34.9 Å². The standard InChI is InChI=1S/C141H98N6/c1-141(2,133-73-29-27-71-131(133)111-63-31-55-103(75-111)105-57-33-65-113(77-105)135-142-137(115-67-35-59-107(79-115)127-87-119(95-39-11-3-12-40-95)83-120(88-127)96-41-13-4-14-42-96)146-138(143-135)116-68-36-60-108(80-116)128-89-121(97-43-15-5-16-44-97)84-122(90-128)98-45-17-6-18-46-98)134-74-30-28-72-132(134)112-64-32-56-104(76-112)106-58-34-66-114(78-106)136-144-139(117-69-37-61-109(81-117)129-91-123(99-47-19-7-20-48-99)85-124(92-129)100-49-21-8-22-50-100)147-140(145-136)118-70-38-62-110(82-118)130-93-125(101-51-23-9-24-52-101)86-126(94-130)102-53-25-10-26-54-102/h3-94H,1-2H3. The van der Waals surface area contributed by atoms with Crippen molar-refractivity contribution in [3.63, 3.8) is 0 Å². The second-order valence-electron chi connectivity index (χ2n) is 38.1. The first kappa shape index (κ1) is 90.4. The highest BCUT2D eigenvalue weighted by atomic mass is 15.0. The highest BCUT2D eigenvalue weighted by Crippen LogP contribution is 2.47. The van der Waals surface area contributed by atoms with Crippen LogP contribution in [-0.2, 0) is 5.41 Å². The summed E-state index contributed by atoms with van der Waals surface area (Å²) < 4.78 is 0. The van der Waals surface area contributed by atoms with Crippen molar-refractivity contribution < 1.29 is 0 Å². The van der Waals surface area contributed by atoms with Crippen LogP contribution in [0.3, 0.4) is 0 Å². The summed E-state index contributed by atoms with van der Waals surface area (Å²) in [6.07, 6.45) is 0. The lowest BCUT2D eigenvalue weighted by molar-refractivity contribution is 0.644. The monoisotopic (exact) mass is 1870 g/mol. The van der Waals surface area contributed by atoms with Gasteiger partial charge in [0.25, 0.3) is 0 Å². The number of hydrogen-bond acceptors (Lipinski definition) is 6. The van der Waals surface area contributed by atoms with E-state index in [0.717, 1.165) is 211 Å². The Kier molecular flexibility index (Phi) is 24.9. The van der Waals surface area contributed by atoms with Crippen LogP contribution in [0.4, 0.5) is 0 Å². The van der Waals surface area contributed by atoms with E-state index in [4.69, 9.17) is 29.9 Å². The third kappa shape index (κ3) is 19.5. The fraction of sp³-hybridized carbons (Fsp3) is 0.0213. The van der Waals surface area contributed by atoms with Crippen LogP contribution in [0.15, 0.2) is 558 Å². The van der Waals surface area contributed by atoms with Crippen LogP contribution in [0.1, 0.15) is 25.0 Å². The minimum absolute atomic E-state index is 0.511. The molecule has 6 heteroatoms. The highest BCUT2D eigenvalue weighted by Gasteiger charge is 2.30. The van der Waals surface area contributed by atoms with E-state index < -0.39 is 5.41 Å². The Morgan fingerprint density at radius 2 is 0.218 bits per heavy atom. The van der Waals surface area contributed by atoms with Crippen LogP contribution in [-0.4, -0.2) is 29.9 Å². The predicted octanol–water partition coefficient (Wildman–Crippen LogP) is 37.1. The van der Waals surface area contributed by atoms with Gasteiger partial charge in [-0.25, -0.2) is 29.9 Å². The van der Waals surface area contributed by atoms with E-state index >= 15 is 0 Å². The van der Waals surface area contributed by atoms with Gasteiger partial charge in [0.2, 0.25) is 0 Å². The maximum Gasteiger partial charge on any atom is 0.164 e. The molecule has 2 heterocycles. The second-order valence-corrected chi connectivity index (χ2v) is 38.1. The van der Waals surface area contributed by atoms with Crippen LogP contribution in [0.25, 0.3) is 246 Å². The number of nitrogens with zero attached hydrogens (tertiary/aromatic N) is 6. The molecule has 24 rings (SSSR count). The van der Waals surface area contributed by atoms with Gasteiger partial charge in [-0.15, -0.1) is 0 Å². The van der Waals surface area contributed by atoms with Crippen molar-refractivity contribution in [1.82, 2.24) is 29.9 Å². The van der Waals surface area contributed by atoms with Gasteiger partial charge in [0.05, 0.1) is 0 Å². The van der Waals surface area contributed by atoms with Crippen molar-refractivity contribution >= 4 is 0 Å². The molecule has 2 aromatic heterocycles. The summed E-state index contributed by atoms with van der Waals surface area (Å²) in [6.45, 7) is 4.73. The maximum absolute atomic E-state index is 5.51. The number of benzene rings is 22. The maximum atomic E-state index is 5.51. The zero-order chi connectivity index (χ0) is 98.4. The van der Waals surface area contributed by atoms with Gasteiger partial charge < -0.3 is 0 Å². The lowest BCUT2D eigenvalue weighted by Gasteiger charge is -2.31. The van der Waals surface area contributed by atoms with Crippen LogP contribution >= 0.6 is 0 Å². The topological polar surface area (TPSA) is 77.3 Å². The van der Waals surface area contributed by atoms with Crippen molar-refractivity contribution in [3.8, 4) is 246 Å². The fourth-order valence-corrected chi connectivity index (χ4v) is 20.5. The largest absolute Gasteiger partial charge is 0.208 e. The molecule has 692 valence electrons. The molecule has 0 atom stereocenters. The molecule has 6 nitrogen and oxygen atoms in total. The predicted molar refractivity (Wildman–Crippen MR) is 611 cm³/mol. The molecule has 0 aliphatic carbocycles. The number of hydrogen-bond donors (Lipinski definition) is 0. The Balaban J connectivity index is 0.566. The minimum Gasteiger partial charge on any atom is -0.208 e. The Morgan fingerprint density at radius 1 is 0.102 bits per heavy atom. The average Bonchev–Trinajstić information content (AvgIpc) is 0.765. The lowest BCUT2D eigenvalue weighted by atomic mass is 9.72. The van der Waals surface area contributed by atoms with Crippen molar-refractivity contribution in [2.75, 3.05) is 0 Å². The quantitative estimate of drug-likeness (QED) is 0.0600. The zero-order valence-corrected chi connectivity index (χ0v) is 81.3. The van der Waals surface area contributed by atoms with Gasteiger partial charge in [-0.3, -0.25) is 0 Å². The summed E-state index contributed by atoms with van der Waals surface area (Å²) in [5, 5.41) is 0. The summed E-state index contributed by atoms with van der Waals surface area (Å²) in [5.74, 6) is 3.37. The molecule has 0 unspecified atom stereocenters. The highest BCUT2D eigenvalue weighted by molar-refractivity contribution is 5.91. The van der Waals surface area contributed by atoms with Crippen molar-refractivity contribution in [2.45, 2.75) is 19.3 Å². The second kappa shape index (κ2) is 40.5. The lowest BCUT2D eigenvalue weighted by Crippen LogP contribution is -2.21. The number of rotatable bonds is 24. The molecule has 147 heavy (non-hydrogen) atoms. The van der Waals surface area contributed by atoms with Gasteiger partial charge in [-0.05, 0) is 310 Å². The summed E-state index contributed by atoms with van der Waals surface area (Å²) in [4.78, 5) is 33.0. The summed E-state index contributed by atoms with van der Waals surface area (Å²) in [6, 6.07) is 200. The fourth-order valence-electron chi connectivity index (χ4n) is 20.5. The van der Waals surface area contributed by atoms with Crippen LogP contribution in [0.2, 0.25) is 0 Å². The van der Waals surface area contributed by atoms with Crippen molar-refractivity contribution in [3.05, 3.63) is 569 Å². The molecule has 0 radical (unpaired) electrons. The summed E-state index contributed by atoms with van der Waals surface area (Å²) in [5.41, 5.74) is 42.5. The zero-order valence-electron chi connectivity index (χ0n) is 81.3. The van der Waals surface area contributed by atoms with Gasteiger partial charge in [-0.2, -0.15) is 0 Å². The van der Waals surface area contributed by atoms with Gasteiger partial charge in [0.15, 0.2) is 34.9 Å². The molecule has 0 aliphatic heterocycles. The first-order valence-electron chi connectivity index (χ1n) is 50.1. The van der Waals surface area contributed by atoms with E-state index in [9.17, 15) is 0 Å². The first-order valence-corrected chi connectivity index (χ1v) is 50.1. The Morgan fingerprint density at radius 3 is 0.395 bits per heavy atom. The molecule has 22 aromatic carbocycles. The minimum atomic E-state index is -0.511. The van der Waals surface area contributed by atoms with E-state index in [1.807, 2.05) is 0 Å². The third-order valence-corrected chi connectivity index (χ3v) is 28.1. The van der Waals surface area contributed by atoms with Gasteiger partial charge in [-0.1, -0.05) is 451 Å². The van der Waals surface area contributed by atoms with Crippen molar-refractivity contribution in [1.29, 1.82) is 0 Å². The molecule has 0 amide bonds. The SMILES string of the molecule is CC(C)(c1ccccc1-c1cccc(-c2cccc(-c3nc(-c4cccc(-c5cc(-c6ccccc6)cc(-c6ccccc6)c5)c4)nc(-c4cccc(-c5cc(-c6ccccc6)cc(-c6ccccc6)c5)c4)n3)c2)c1)c1ccccc1-c1cccc(-c2cccc(-c3nc(-c4cccc(-c5cc(-c6ccccc6)cc(-c6ccccc6)c5)c4)nc(-c4cccc(-c5cc(-c6ccccc6)cc(-c6ccccc6)c5)c4)n3)c2)c1.